The van der Waals surface area contributed by atoms with Crippen LogP contribution in [-0.2, 0) is 9.47 Å². The zero-order valence-electron chi connectivity index (χ0n) is 21.2. The van der Waals surface area contributed by atoms with Crippen LogP contribution < -0.4 is 4.74 Å². The first-order valence-electron chi connectivity index (χ1n) is 11.5. The maximum absolute atomic E-state index is 13.0. The third-order valence-electron chi connectivity index (χ3n) is 5.09. The van der Waals surface area contributed by atoms with Crippen LogP contribution in [-0.4, -0.2) is 48.5 Å². The highest BCUT2D eigenvalue weighted by molar-refractivity contribution is 7.98. The molecular weight excluding hydrogens is 438 g/mol. The van der Waals surface area contributed by atoms with Gasteiger partial charge in [0.2, 0.25) is 0 Å². The van der Waals surface area contributed by atoms with Crippen LogP contribution in [0.25, 0.3) is 10.9 Å². The summed E-state index contributed by atoms with van der Waals surface area (Å²) in [4.78, 5) is 25.9. The fourth-order valence-electron chi connectivity index (χ4n) is 3.06. The first-order chi connectivity index (χ1) is 15.4. The van der Waals surface area contributed by atoms with E-state index >= 15 is 0 Å². The van der Waals surface area contributed by atoms with E-state index in [4.69, 9.17) is 14.2 Å². The molecule has 0 aliphatic heterocycles. The number of esters is 1. The van der Waals surface area contributed by atoms with Gasteiger partial charge in [-0.05, 0) is 66.4 Å². The highest BCUT2D eigenvalue weighted by Crippen LogP contribution is 2.27. The molecule has 1 aromatic carbocycles. The molecule has 0 atom stereocenters. The van der Waals surface area contributed by atoms with E-state index < -0.39 is 12.1 Å². The zero-order chi connectivity index (χ0) is 24.6. The smallest absolute Gasteiger partial charge is 0.419 e. The fourth-order valence-corrected chi connectivity index (χ4v) is 3.46. The number of thioether (sulfide) groups is 1. The molecule has 1 aromatic heterocycles. The molecule has 0 saturated heterocycles. The van der Waals surface area contributed by atoms with E-state index in [0.29, 0.717) is 17.9 Å². The van der Waals surface area contributed by atoms with Gasteiger partial charge in [0, 0.05) is 5.39 Å². The van der Waals surface area contributed by atoms with Crippen LogP contribution in [0.1, 0.15) is 71.3 Å². The van der Waals surface area contributed by atoms with Gasteiger partial charge in [0.15, 0.2) is 0 Å². The van der Waals surface area contributed by atoms with E-state index in [-0.39, 0.29) is 29.7 Å². The topological polar surface area (TPSA) is 66.8 Å². The largest absolute Gasteiger partial charge is 0.494 e. The van der Waals surface area contributed by atoms with Crippen LogP contribution in [0.2, 0.25) is 0 Å². The highest BCUT2D eigenvalue weighted by Gasteiger charge is 2.24. The van der Waals surface area contributed by atoms with Crippen LogP contribution >= 0.6 is 11.8 Å². The Kier molecular flexibility index (Phi) is 9.70. The Labute approximate surface area is 202 Å². The summed E-state index contributed by atoms with van der Waals surface area (Å²) in [6, 6.07) is 7.12. The Hall–Kier alpha value is -2.15. The minimum atomic E-state index is -0.578. The predicted molar refractivity (Wildman–Crippen MR) is 136 cm³/mol. The SMILES string of the molecule is CSCCCOc1ccc2c(c1)cc(C(=O)OCCC(C)(C)C)n2C(=O)OCCC(C)(C)C. The number of carbonyl (C=O) groups is 2. The van der Waals surface area contributed by atoms with Crippen molar-refractivity contribution in [3.63, 3.8) is 0 Å². The predicted octanol–water partition coefficient (Wildman–Crippen LogP) is 6.79. The van der Waals surface area contributed by atoms with Crippen LogP contribution in [0.5, 0.6) is 5.75 Å². The molecule has 0 saturated carbocycles. The van der Waals surface area contributed by atoms with Gasteiger partial charge in [0.25, 0.3) is 0 Å². The van der Waals surface area contributed by atoms with Crippen LogP contribution in [0, 0.1) is 10.8 Å². The maximum Gasteiger partial charge on any atom is 0.419 e. The molecule has 1 heterocycles. The Balaban J connectivity index is 2.27. The summed E-state index contributed by atoms with van der Waals surface area (Å²) < 4.78 is 18.2. The van der Waals surface area contributed by atoms with E-state index in [9.17, 15) is 9.59 Å². The quantitative estimate of drug-likeness (QED) is 0.277. The van der Waals surface area contributed by atoms with Crippen molar-refractivity contribution in [2.75, 3.05) is 31.8 Å². The maximum atomic E-state index is 13.0. The molecule has 0 bridgehead atoms. The number of fused-ring (bicyclic) bond motifs is 1. The molecule has 6 nitrogen and oxygen atoms in total. The molecule has 0 radical (unpaired) electrons. The number of ether oxygens (including phenoxy) is 3. The summed E-state index contributed by atoms with van der Waals surface area (Å²) in [6.45, 7) is 13.7. The molecular formula is C26H39NO5S. The minimum absolute atomic E-state index is 0.0380. The van der Waals surface area contributed by atoms with Crippen molar-refractivity contribution in [1.29, 1.82) is 0 Å². The molecule has 33 heavy (non-hydrogen) atoms. The number of carbonyl (C=O) groups excluding carboxylic acids is 2. The van der Waals surface area contributed by atoms with Gasteiger partial charge in [-0.25, -0.2) is 14.2 Å². The first kappa shape index (κ1) is 27.1. The van der Waals surface area contributed by atoms with Gasteiger partial charge in [-0.15, -0.1) is 0 Å². The standard InChI is InChI=1S/C26H39NO5S/c1-25(2,3)11-14-31-23(28)22-18-19-17-20(30-13-8-16-33-7)9-10-21(19)27(22)24(29)32-15-12-26(4,5)6/h9-10,17-18H,8,11-16H2,1-7H3. The second-order valence-corrected chi connectivity index (χ2v) is 11.6. The Morgan fingerprint density at radius 2 is 1.55 bits per heavy atom. The molecule has 0 amide bonds. The van der Waals surface area contributed by atoms with E-state index in [0.717, 1.165) is 30.4 Å². The summed E-state index contributed by atoms with van der Waals surface area (Å²) in [6.07, 6.45) is 3.88. The monoisotopic (exact) mass is 477 g/mol. The third kappa shape index (κ3) is 8.95. The minimum Gasteiger partial charge on any atom is -0.494 e. The lowest BCUT2D eigenvalue weighted by Crippen LogP contribution is -2.22. The number of hydrogen-bond donors (Lipinski definition) is 0. The molecule has 2 aromatic rings. The van der Waals surface area contributed by atoms with Crippen molar-refractivity contribution in [3.05, 3.63) is 30.0 Å². The molecule has 2 rings (SSSR count). The van der Waals surface area contributed by atoms with Gasteiger partial charge >= 0.3 is 12.1 Å². The van der Waals surface area contributed by atoms with Crippen molar-refractivity contribution in [2.24, 2.45) is 10.8 Å². The van der Waals surface area contributed by atoms with Gasteiger partial charge in [0.1, 0.15) is 11.4 Å². The summed E-state index contributed by atoms with van der Waals surface area (Å²) in [7, 11) is 0. The van der Waals surface area contributed by atoms with E-state index in [1.54, 1.807) is 23.9 Å². The number of aromatic nitrogens is 1. The highest BCUT2D eigenvalue weighted by atomic mass is 32.2. The van der Waals surface area contributed by atoms with Crippen LogP contribution in [0.3, 0.4) is 0 Å². The Bertz CT molecular complexity index is 937. The summed E-state index contributed by atoms with van der Waals surface area (Å²) >= 11 is 1.78. The first-order valence-corrected chi connectivity index (χ1v) is 12.9. The lowest BCUT2D eigenvalue weighted by molar-refractivity contribution is 0.0450. The summed E-state index contributed by atoms with van der Waals surface area (Å²) in [5, 5.41) is 0.730. The molecule has 0 aliphatic carbocycles. The summed E-state index contributed by atoms with van der Waals surface area (Å²) in [5.41, 5.74) is 0.840. The molecule has 184 valence electrons. The van der Waals surface area contributed by atoms with Crippen LogP contribution in [0.15, 0.2) is 24.3 Å². The van der Waals surface area contributed by atoms with E-state index in [1.807, 2.05) is 12.1 Å². The molecule has 7 heteroatoms. The number of rotatable bonds is 10. The Morgan fingerprint density at radius 3 is 2.15 bits per heavy atom. The molecule has 0 fully saturated rings. The molecule has 0 unspecified atom stereocenters. The van der Waals surface area contributed by atoms with Crippen molar-refractivity contribution in [1.82, 2.24) is 4.57 Å². The van der Waals surface area contributed by atoms with Crippen molar-refractivity contribution >= 4 is 34.7 Å². The van der Waals surface area contributed by atoms with Crippen molar-refractivity contribution in [3.8, 4) is 5.75 Å². The van der Waals surface area contributed by atoms with Gasteiger partial charge in [-0.1, -0.05) is 41.5 Å². The van der Waals surface area contributed by atoms with Gasteiger partial charge in [-0.3, -0.25) is 0 Å². The average molecular weight is 478 g/mol. The lowest BCUT2D eigenvalue weighted by atomic mass is 9.93. The zero-order valence-corrected chi connectivity index (χ0v) is 22.0. The number of nitrogens with zero attached hydrogens (tertiary/aromatic N) is 1. The number of hydrogen-bond acceptors (Lipinski definition) is 6. The average Bonchev–Trinajstić information content (AvgIpc) is 3.08. The fraction of sp³-hybridized carbons (Fsp3) is 0.615. The third-order valence-corrected chi connectivity index (χ3v) is 5.79. The lowest BCUT2D eigenvalue weighted by Gasteiger charge is -2.18. The second kappa shape index (κ2) is 11.8. The normalized spacial score (nSPS) is 12.1. The Morgan fingerprint density at radius 1 is 0.909 bits per heavy atom. The van der Waals surface area contributed by atoms with E-state index in [2.05, 4.69) is 47.8 Å². The van der Waals surface area contributed by atoms with Crippen LogP contribution in [0.4, 0.5) is 4.79 Å². The molecule has 0 aliphatic rings. The van der Waals surface area contributed by atoms with Crippen molar-refractivity contribution < 1.29 is 23.8 Å². The van der Waals surface area contributed by atoms with Gasteiger partial charge in [0.05, 0.1) is 25.3 Å². The summed E-state index contributed by atoms with van der Waals surface area (Å²) in [5.74, 6) is 1.20. The molecule has 0 N–H and O–H groups in total. The molecule has 0 spiro atoms. The number of benzene rings is 1. The van der Waals surface area contributed by atoms with Gasteiger partial charge in [-0.2, -0.15) is 11.8 Å². The van der Waals surface area contributed by atoms with Gasteiger partial charge < -0.3 is 14.2 Å². The van der Waals surface area contributed by atoms with E-state index in [1.165, 1.54) is 4.57 Å². The second-order valence-electron chi connectivity index (χ2n) is 10.7. The van der Waals surface area contributed by atoms with Crippen molar-refractivity contribution in [2.45, 2.75) is 60.8 Å².